The largest absolute Gasteiger partial charge is 0.493 e. The zero-order chi connectivity index (χ0) is 22.2. The summed E-state index contributed by atoms with van der Waals surface area (Å²) in [5, 5.41) is 0. The SMILES string of the molecule is COc1ccc(/C=C\[C@H]2CC(=O)C=C(/C=C/c3ccc(OC)c(OC)c3)C2)cc1OC. The lowest BCUT2D eigenvalue weighted by Crippen LogP contribution is -2.11. The average Bonchev–Trinajstić information content (AvgIpc) is 2.80. The van der Waals surface area contributed by atoms with Crippen LogP contribution in [-0.4, -0.2) is 34.2 Å². The molecule has 0 saturated carbocycles. The van der Waals surface area contributed by atoms with Crippen molar-refractivity contribution in [1.29, 1.82) is 0 Å². The summed E-state index contributed by atoms with van der Waals surface area (Å²) in [6.07, 6.45) is 11.2. The van der Waals surface area contributed by atoms with Crippen LogP contribution >= 0.6 is 0 Å². The molecule has 0 N–H and O–H groups in total. The Bertz CT molecular complexity index is 1020. The third kappa shape index (κ3) is 5.79. The molecule has 2 aromatic carbocycles. The predicted octanol–water partition coefficient (Wildman–Crippen LogP) is 5.35. The van der Waals surface area contributed by atoms with E-state index in [4.69, 9.17) is 18.9 Å². The number of carbonyl (C=O) groups excluding carboxylic acids is 1. The standard InChI is InChI=1S/C26H28O5/c1-28-23-11-9-18(16-25(23)30-3)5-7-20-13-21(15-22(27)14-20)8-6-19-10-12-24(29-2)26(17-19)31-4/h5-12,14,16-17,21H,13,15H2,1-4H3/b7-5+,8-6-/t21-/m1/s1. The Balaban J connectivity index is 1.70. The van der Waals surface area contributed by atoms with Crippen LogP contribution in [0, 0.1) is 5.92 Å². The van der Waals surface area contributed by atoms with Gasteiger partial charge in [-0.2, -0.15) is 0 Å². The van der Waals surface area contributed by atoms with Crippen molar-refractivity contribution in [2.75, 3.05) is 28.4 Å². The molecule has 162 valence electrons. The zero-order valence-electron chi connectivity index (χ0n) is 18.4. The number of benzene rings is 2. The molecule has 0 aliphatic heterocycles. The maximum Gasteiger partial charge on any atom is 0.161 e. The smallest absolute Gasteiger partial charge is 0.161 e. The number of ketones is 1. The molecule has 0 spiro atoms. The number of methoxy groups -OCH3 is 4. The normalized spacial score (nSPS) is 16.5. The number of allylic oxidation sites excluding steroid dienone is 4. The fourth-order valence-electron chi connectivity index (χ4n) is 3.57. The minimum absolute atomic E-state index is 0.139. The van der Waals surface area contributed by atoms with Crippen molar-refractivity contribution < 1.29 is 23.7 Å². The summed E-state index contributed by atoms with van der Waals surface area (Å²) in [6.45, 7) is 0. The van der Waals surface area contributed by atoms with Gasteiger partial charge in [0.15, 0.2) is 28.8 Å². The molecule has 0 aromatic heterocycles. The highest BCUT2D eigenvalue weighted by molar-refractivity contribution is 5.92. The van der Waals surface area contributed by atoms with E-state index >= 15 is 0 Å². The van der Waals surface area contributed by atoms with Crippen LogP contribution in [0.15, 0.2) is 60.2 Å². The molecular weight excluding hydrogens is 392 g/mol. The van der Waals surface area contributed by atoms with Gasteiger partial charge in [0, 0.05) is 6.42 Å². The Hall–Kier alpha value is -3.47. The summed E-state index contributed by atoms with van der Waals surface area (Å²) in [4.78, 5) is 12.3. The molecule has 0 radical (unpaired) electrons. The van der Waals surface area contributed by atoms with Gasteiger partial charge in [-0.05, 0) is 59.4 Å². The van der Waals surface area contributed by atoms with Crippen LogP contribution in [0.25, 0.3) is 12.2 Å². The Morgan fingerprint density at radius 3 is 1.81 bits per heavy atom. The van der Waals surface area contributed by atoms with Crippen molar-refractivity contribution in [2.45, 2.75) is 12.8 Å². The van der Waals surface area contributed by atoms with E-state index in [0.29, 0.717) is 29.4 Å². The minimum atomic E-state index is 0.139. The summed E-state index contributed by atoms with van der Waals surface area (Å²) in [7, 11) is 6.46. The number of ether oxygens (including phenoxy) is 4. The Morgan fingerprint density at radius 2 is 1.26 bits per heavy atom. The average molecular weight is 421 g/mol. The highest BCUT2D eigenvalue weighted by atomic mass is 16.5. The zero-order valence-corrected chi connectivity index (χ0v) is 18.4. The van der Waals surface area contributed by atoms with E-state index in [-0.39, 0.29) is 11.7 Å². The van der Waals surface area contributed by atoms with E-state index in [1.807, 2.05) is 54.6 Å². The fraction of sp³-hybridized carbons (Fsp3) is 0.269. The van der Waals surface area contributed by atoms with Gasteiger partial charge in [-0.3, -0.25) is 4.79 Å². The summed E-state index contributed by atoms with van der Waals surface area (Å²) >= 11 is 0. The first kappa shape index (κ1) is 22.2. The second-order valence-corrected chi connectivity index (χ2v) is 7.28. The second-order valence-electron chi connectivity index (χ2n) is 7.28. The summed E-state index contributed by atoms with van der Waals surface area (Å²) in [5.74, 6) is 3.03. The number of rotatable bonds is 8. The molecule has 0 bridgehead atoms. The summed E-state index contributed by atoms with van der Waals surface area (Å²) in [6, 6.07) is 11.5. The maximum atomic E-state index is 12.3. The first-order chi connectivity index (χ1) is 15.1. The number of hydrogen-bond donors (Lipinski definition) is 0. The van der Waals surface area contributed by atoms with Crippen molar-refractivity contribution in [3.8, 4) is 23.0 Å². The van der Waals surface area contributed by atoms with Crippen LogP contribution in [0.2, 0.25) is 0 Å². The van der Waals surface area contributed by atoms with E-state index < -0.39 is 0 Å². The molecule has 31 heavy (non-hydrogen) atoms. The van der Waals surface area contributed by atoms with E-state index in [1.165, 1.54) is 0 Å². The van der Waals surface area contributed by atoms with Gasteiger partial charge >= 0.3 is 0 Å². The molecule has 5 heteroatoms. The van der Waals surface area contributed by atoms with Crippen molar-refractivity contribution in [1.82, 2.24) is 0 Å². The van der Waals surface area contributed by atoms with Gasteiger partial charge in [-0.15, -0.1) is 0 Å². The van der Waals surface area contributed by atoms with Crippen LogP contribution in [0.1, 0.15) is 24.0 Å². The van der Waals surface area contributed by atoms with Crippen LogP contribution in [0.4, 0.5) is 0 Å². The quantitative estimate of drug-likeness (QED) is 0.576. The van der Waals surface area contributed by atoms with Gasteiger partial charge in [-0.1, -0.05) is 36.4 Å². The lowest BCUT2D eigenvalue weighted by molar-refractivity contribution is -0.115. The first-order valence-corrected chi connectivity index (χ1v) is 10.1. The van der Waals surface area contributed by atoms with E-state index in [0.717, 1.165) is 23.1 Å². The predicted molar refractivity (Wildman–Crippen MR) is 123 cm³/mol. The molecule has 5 nitrogen and oxygen atoms in total. The van der Waals surface area contributed by atoms with Crippen molar-refractivity contribution in [3.63, 3.8) is 0 Å². The van der Waals surface area contributed by atoms with Crippen LogP contribution in [0.5, 0.6) is 23.0 Å². The Labute approximate surface area is 183 Å². The van der Waals surface area contributed by atoms with Crippen molar-refractivity contribution >= 4 is 17.9 Å². The number of carbonyl (C=O) groups is 1. The summed E-state index contributed by atoms with van der Waals surface area (Å²) in [5.41, 5.74) is 2.99. The molecular formula is C26H28O5. The molecule has 3 rings (SSSR count). The van der Waals surface area contributed by atoms with Gasteiger partial charge in [0.25, 0.3) is 0 Å². The lowest BCUT2D eigenvalue weighted by atomic mass is 9.87. The van der Waals surface area contributed by atoms with Gasteiger partial charge in [-0.25, -0.2) is 0 Å². The molecule has 0 heterocycles. The maximum absolute atomic E-state index is 12.3. The summed E-state index contributed by atoms with van der Waals surface area (Å²) < 4.78 is 21.3. The monoisotopic (exact) mass is 420 g/mol. The molecule has 0 saturated heterocycles. The Morgan fingerprint density at radius 1 is 0.710 bits per heavy atom. The lowest BCUT2D eigenvalue weighted by Gasteiger charge is -2.17. The molecule has 0 amide bonds. The van der Waals surface area contributed by atoms with Gasteiger partial charge in [0.2, 0.25) is 0 Å². The van der Waals surface area contributed by atoms with E-state index in [9.17, 15) is 4.79 Å². The molecule has 1 aliphatic carbocycles. The topological polar surface area (TPSA) is 54.0 Å². The Kier molecular flexibility index (Phi) is 7.55. The third-order valence-corrected chi connectivity index (χ3v) is 5.17. The molecule has 0 unspecified atom stereocenters. The van der Waals surface area contributed by atoms with E-state index in [2.05, 4.69) is 6.08 Å². The molecule has 0 fully saturated rings. The van der Waals surface area contributed by atoms with Crippen molar-refractivity contribution in [3.05, 3.63) is 71.3 Å². The highest BCUT2D eigenvalue weighted by Crippen LogP contribution is 2.31. The van der Waals surface area contributed by atoms with Gasteiger partial charge < -0.3 is 18.9 Å². The second kappa shape index (κ2) is 10.5. The van der Waals surface area contributed by atoms with Gasteiger partial charge in [0.05, 0.1) is 28.4 Å². The first-order valence-electron chi connectivity index (χ1n) is 10.1. The molecule has 2 aromatic rings. The number of hydrogen-bond acceptors (Lipinski definition) is 5. The third-order valence-electron chi connectivity index (χ3n) is 5.17. The minimum Gasteiger partial charge on any atom is -0.493 e. The highest BCUT2D eigenvalue weighted by Gasteiger charge is 2.17. The van der Waals surface area contributed by atoms with Crippen LogP contribution in [-0.2, 0) is 4.79 Å². The van der Waals surface area contributed by atoms with Crippen molar-refractivity contribution in [2.24, 2.45) is 5.92 Å². The van der Waals surface area contributed by atoms with Crippen LogP contribution in [0.3, 0.4) is 0 Å². The molecule has 1 aliphatic rings. The van der Waals surface area contributed by atoms with Crippen LogP contribution < -0.4 is 18.9 Å². The fourth-order valence-corrected chi connectivity index (χ4v) is 3.57. The van der Waals surface area contributed by atoms with E-state index in [1.54, 1.807) is 34.5 Å². The van der Waals surface area contributed by atoms with Gasteiger partial charge in [0.1, 0.15) is 0 Å². The molecule has 1 atom stereocenters.